The van der Waals surface area contributed by atoms with Gasteiger partial charge in [0.05, 0.1) is 12.2 Å². The Morgan fingerprint density at radius 2 is 1.93 bits per heavy atom. The number of nitrogens with one attached hydrogen (secondary N) is 2. The van der Waals surface area contributed by atoms with Gasteiger partial charge in [0, 0.05) is 36.0 Å². The summed E-state index contributed by atoms with van der Waals surface area (Å²) < 4.78 is 3.07. The highest BCUT2D eigenvalue weighted by molar-refractivity contribution is 5.90. The Labute approximate surface area is 159 Å². The Morgan fingerprint density at radius 1 is 1.07 bits per heavy atom. The predicted molar refractivity (Wildman–Crippen MR) is 107 cm³/mol. The Kier molecular flexibility index (Phi) is 3.68. The summed E-state index contributed by atoms with van der Waals surface area (Å²) in [7, 11) is 1.89. The zero-order valence-corrected chi connectivity index (χ0v) is 15.1. The number of hydrogen-bond acceptors (Lipinski definition) is 5. The number of anilines is 1. The lowest BCUT2D eigenvalue weighted by Gasteiger charge is -2.07. The predicted octanol–water partition coefficient (Wildman–Crippen LogP) is 2.58. The largest absolute Gasteiger partial charge is 0.378 e. The molecule has 0 fully saturated rings. The highest BCUT2D eigenvalue weighted by Crippen LogP contribution is 2.21. The van der Waals surface area contributed by atoms with Crippen LogP contribution in [0.5, 0.6) is 0 Å². The molecule has 0 aliphatic carbocycles. The number of nitrogens with zero attached hydrogens (tertiary/aromatic N) is 5. The number of rotatable bonds is 4. The molecule has 0 bridgehead atoms. The lowest BCUT2D eigenvalue weighted by atomic mass is 10.2. The number of hydrogen-bond donors (Lipinski definition) is 2. The molecule has 3 heterocycles. The maximum atomic E-state index is 12.5. The van der Waals surface area contributed by atoms with E-state index in [-0.39, 0.29) is 5.56 Å². The molecule has 0 unspecified atom stereocenters. The summed E-state index contributed by atoms with van der Waals surface area (Å²) in [5.74, 6) is 0.927. The van der Waals surface area contributed by atoms with Gasteiger partial charge in [-0.3, -0.25) is 9.48 Å². The molecule has 0 radical (unpaired) electrons. The molecular formula is C20H17N7O. The summed E-state index contributed by atoms with van der Waals surface area (Å²) in [4.78, 5) is 20.1. The lowest BCUT2D eigenvalue weighted by molar-refractivity contribution is 0.779. The van der Waals surface area contributed by atoms with Crippen molar-refractivity contribution >= 4 is 22.4 Å². The smallest absolute Gasteiger partial charge is 0.275 e. The second kappa shape index (κ2) is 6.34. The topological polar surface area (TPSA) is 92.9 Å². The van der Waals surface area contributed by atoms with E-state index in [4.69, 9.17) is 0 Å². The summed E-state index contributed by atoms with van der Waals surface area (Å²) in [6, 6.07) is 17.1. The number of fused-ring (bicyclic) bond motifs is 2. The Morgan fingerprint density at radius 3 is 2.79 bits per heavy atom. The number of aryl methyl sites for hydroxylation is 1. The van der Waals surface area contributed by atoms with Crippen molar-refractivity contribution in [1.29, 1.82) is 0 Å². The van der Waals surface area contributed by atoms with E-state index in [2.05, 4.69) is 25.5 Å². The third-order valence-corrected chi connectivity index (χ3v) is 4.54. The molecule has 5 rings (SSSR count). The molecule has 0 aliphatic rings. The second-order valence-corrected chi connectivity index (χ2v) is 6.57. The molecule has 2 N–H and O–H groups in total. The van der Waals surface area contributed by atoms with Crippen LogP contribution in [0, 0.1) is 0 Å². The third-order valence-electron chi connectivity index (χ3n) is 4.54. The maximum Gasteiger partial charge on any atom is 0.275 e. The van der Waals surface area contributed by atoms with Crippen LogP contribution in [0.2, 0.25) is 0 Å². The van der Waals surface area contributed by atoms with E-state index in [0.717, 1.165) is 27.8 Å². The van der Waals surface area contributed by atoms with E-state index < -0.39 is 0 Å². The molecule has 8 nitrogen and oxygen atoms in total. The Bertz CT molecular complexity index is 1350. The van der Waals surface area contributed by atoms with Gasteiger partial charge < -0.3 is 10.3 Å². The maximum absolute atomic E-state index is 12.5. The fraction of sp³-hybridized carbons (Fsp3) is 0.100. The van der Waals surface area contributed by atoms with E-state index in [0.29, 0.717) is 18.1 Å². The van der Waals surface area contributed by atoms with Crippen LogP contribution < -0.4 is 10.9 Å². The van der Waals surface area contributed by atoms with Crippen LogP contribution in [0.3, 0.4) is 0 Å². The molecule has 28 heavy (non-hydrogen) atoms. The Balaban J connectivity index is 1.47. The molecule has 5 aromatic rings. The molecule has 8 heteroatoms. The number of H-pyrrole nitrogens is 1. The van der Waals surface area contributed by atoms with Crippen molar-refractivity contribution in [2.24, 2.45) is 7.05 Å². The molecular weight excluding hydrogens is 354 g/mol. The van der Waals surface area contributed by atoms with Gasteiger partial charge in [-0.05, 0) is 6.07 Å². The molecule has 0 spiro atoms. The van der Waals surface area contributed by atoms with Gasteiger partial charge in [-0.1, -0.05) is 42.5 Å². The van der Waals surface area contributed by atoms with Crippen LogP contribution >= 0.6 is 0 Å². The number of aromatic nitrogens is 6. The minimum atomic E-state index is -0.226. The molecule has 2 aromatic carbocycles. The summed E-state index contributed by atoms with van der Waals surface area (Å²) in [6.45, 7) is 0.439. The zero-order valence-electron chi connectivity index (χ0n) is 15.1. The first-order valence-electron chi connectivity index (χ1n) is 8.88. The van der Waals surface area contributed by atoms with Crippen LogP contribution in [0.25, 0.3) is 28.1 Å². The summed E-state index contributed by atoms with van der Waals surface area (Å²) in [5, 5.41) is 13.2. The van der Waals surface area contributed by atoms with Crippen molar-refractivity contribution in [1.82, 2.24) is 29.4 Å². The van der Waals surface area contributed by atoms with E-state index in [1.807, 2.05) is 61.8 Å². The van der Waals surface area contributed by atoms with Crippen LogP contribution in [0.1, 0.15) is 5.69 Å². The molecule has 0 saturated heterocycles. The minimum Gasteiger partial charge on any atom is -0.378 e. The van der Waals surface area contributed by atoms with Gasteiger partial charge in [0.1, 0.15) is 5.52 Å². The molecule has 3 aromatic heterocycles. The second-order valence-electron chi connectivity index (χ2n) is 6.57. The van der Waals surface area contributed by atoms with Gasteiger partial charge in [-0.25, -0.2) is 0 Å². The molecule has 138 valence electrons. The van der Waals surface area contributed by atoms with Crippen LogP contribution in [-0.4, -0.2) is 29.4 Å². The number of benzene rings is 2. The molecule has 0 saturated carbocycles. The standard InChI is InChI=1S/C20H17N7O/c1-26-12-14-8-5-9-16(18(14)24-26)21-11-15-10-17(28)27-20(22-15)23-19(25-27)13-6-3-2-4-7-13/h2-10,12,21H,11H2,1H3,(H,22,23,25). The molecule has 0 aliphatic heterocycles. The quantitative estimate of drug-likeness (QED) is 0.506. The van der Waals surface area contributed by atoms with Crippen molar-refractivity contribution in [2.75, 3.05) is 5.32 Å². The first-order chi connectivity index (χ1) is 13.7. The highest BCUT2D eigenvalue weighted by atomic mass is 16.1. The third kappa shape index (κ3) is 2.81. The monoisotopic (exact) mass is 371 g/mol. The van der Waals surface area contributed by atoms with E-state index in [1.54, 1.807) is 4.68 Å². The Hall–Kier alpha value is -3.94. The van der Waals surface area contributed by atoms with Gasteiger partial charge in [0.2, 0.25) is 5.78 Å². The zero-order chi connectivity index (χ0) is 19.1. The van der Waals surface area contributed by atoms with Crippen molar-refractivity contribution in [3.8, 4) is 11.4 Å². The molecule has 0 atom stereocenters. The van der Waals surface area contributed by atoms with Gasteiger partial charge in [0.25, 0.3) is 5.56 Å². The van der Waals surface area contributed by atoms with Crippen molar-refractivity contribution in [2.45, 2.75) is 6.54 Å². The normalized spacial score (nSPS) is 11.3. The highest BCUT2D eigenvalue weighted by Gasteiger charge is 2.10. The fourth-order valence-electron chi connectivity index (χ4n) is 3.24. The SMILES string of the molecule is Cn1cc2cccc(NCc3cc(=O)n4nc(-c5ccccc5)nc4[nH]3)c2n1. The van der Waals surface area contributed by atoms with Crippen LogP contribution in [-0.2, 0) is 13.6 Å². The van der Waals surface area contributed by atoms with Gasteiger partial charge in [0.15, 0.2) is 5.82 Å². The van der Waals surface area contributed by atoms with Gasteiger partial charge in [-0.2, -0.15) is 14.6 Å². The van der Waals surface area contributed by atoms with Crippen LogP contribution in [0.4, 0.5) is 5.69 Å². The fourth-order valence-corrected chi connectivity index (χ4v) is 3.24. The average Bonchev–Trinajstić information content (AvgIpc) is 3.30. The first kappa shape index (κ1) is 16.2. The van der Waals surface area contributed by atoms with Crippen molar-refractivity contribution in [3.05, 3.63) is 76.8 Å². The number of aromatic amines is 1. The van der Waals surface area contributed by atoms with E-state index in [1.165, 1.54) is 10.6 Å². The average molecular weight is 371 g/mol. The summed E-state index contributed by atoms with van der Waals surface area (Å²) >= 11 is 0. The van der Waals surface area contributed by atoms with Crippen molar-refractivity contribution in [3.63, 3.8) is 0 Å². The van der Waals surface area contributed by atoms with Crippen LogP contribution in [0.15, 0.2) is 65.6 Å². The first-order valence-corrected chi connectivity index (χ1v) is 8.88. The summed E-state index contributed by atoms with van der Waals surface area (Å²) in [6.07, 6.45) is 1.97. The van der Waals surface area contributed by atoms with Gasteiger partial charge >= 0.3 is 0 Å². The summed E-state index contributed by atoms with van der Waals surface area (Å²) in [5.41, 5.74) is 3.15. The van der Waals surface area contributed by atoms with Crippen molar-refractivity contribution < 1.29 is 0 Å². The lowest BCUT2D eigenvalue weighted by Crippen LogP contribution is -2.17. The van der Waals surface area contributed by atoms with E-state index in [9.17, 15) is 4.79 Å². The molecule has 0 amide bonds. The minimum absolute atomic E-state index is 0.226. The van der Waals surface area contributed by atoms with Gasteiger partial charge in [-0.15, -0.1) is 5.10 Å². The van der Waals surface area contributed by atoms with E-state index >= 15 is 0 Å².